The normalized spacial score (nSPS) is 30.3. The van der Waals surface area contributed by atoms with E-state index in [0.29, 0.717) is 0 Å². The molecule has 3 aromatic rings. The zero-order valence-corrected chi connectivity index (χ0v) is 30.5. The fourth-order valence-corrected chi connectivity index (χ4v) is 8.06. The first-order chi connectivity index (χ1) is 25.9. The van der Waals surface area contributed by atoms with Crippen molar-refractivity contribution in [2.45, 2.75) is 81.5 Å². The molecule has 0 spiro atoms. The van der Waals surface area contributed by atoms with Crippen LogP contribution < -0.4 is 34.1 Å². The van der Waals surface area contributed by atoms with Crippen molar-refractivity contribution in [3.8, 4) is 0 Å². The van der Waals surface area contributed by atoms with Crippen LogP contribution >= 0.6 is 15.6 Å². The van der Waals surface area contributed by atoms with Crippen LogP contribution in [-0.2, 0) is 41.4 Å². The maximum atomic E-state index is 13.2. The average Bonchev–Trinajstić information content (AvgIpc) is 3.80. The number of anilines is 2. The summed E-state index contributed by atoms with van der Waals surface area (Å²) in [5.41, 5.74) is 8.21. The Labute approximate surface area is 308 Å². The molecular formula is C28H38N8O17P2. The number of hydrogen-bond acceptors (Lipinski definition) is 19. The summed E-state index contributed by atoms with van der Waals surface area (Å²) >= 11 is 0. The molecule has 3 aliphatic heterocycles. The summed E-state index contributed by atoms with van der Waals surface area (Å²) in [4.78, 5) is 79.6. The molecule has 302 valence electrons. The van der Waals surface area contributed by atoms with E-state index in [4.69, 9.17) is 43.8 Å². The number of aliphatic hydroxyl groups is 2. The molecule has 0 aromatic carbocycles. The maximum Gasteiger partial charge on any atom is 0.472 e. The van der Waals surface area contributed by atoms with Gasteiger partial charge in [-0.3, -0.25) is 41.6 Å². The van der Waals surface area contributed by atoms with Crippen molar-refractivity contribution in [3.63, 3.8) is 0 Å². The number of hydrogen-bond donors (Lipinski definition) is 7. The number of ether oxygens (including phenoxy) is 3. The highest BCUT2D eigenvalue weighted by molar-refractivity contribution is 7.47. The molecule has 0 bridgehead atoms. The van der Waals surface area contributed by atoms with Crippen molar-refractivity contribution in [1.82, 2.24) is 28.7 Å². The number of aryl methyl sites for hydroxylation is 1. The summed E-state index contributed by atoms with van der Waals surface area (Å²) in [6.07, 6.45) is -8.04. The third-order valence-electron chi connectivity index (χ3n) is 8.87. The van der Waals surface area contributed by atoms with Crippen LogP contribution in [0.2, 0.25) is 0 Å². The van der Waals surface area contributed by atoms with E-state index in [9.17, 15) is 48.3 Å². The second-order valence-electron chi connectivity index (χ2n) is 12.7. The summed E-state index contributed by atoms with van der Waals surface area (Å²) in [5, 5.41) is 20.4. The van der Waals surface area contributed by atoms with Gasteiger partial charge in [-0.1, -0.05) is 0 Å². The van der Waals surface area contributed by atoms with Crippen LogP contribution in [-0.4, -0.2) is 105 Å². The molecule has 3 fully saturated rings. The Hall–Kier alpha value is -3.94. The number of H-pyrrole nitrogens is 1. The average molecular weight is 821 g/mol. The van der Waals surface area contributed by atoms with E-state index >= 15 is 0 Å². The number of nitrogens with two attached hydrogens (primary N) is 2. The van der Waals surface area contributed by atoms with Gasteiger partial charge in [0.2, 0.25) is 0 Å². The number of nitrogen functional groups attached to an aromatic ring is 2. The van der Waals surface area contributed by atoms with Crippen molar-refractivity contribution in [1.29, 1.82) is 0 Å². The molecule has 55 heavy (non-hydrogen) atoms. The molecule has 0 aliphatic carbocycles. The van der Waals surface area contributed by atoms with Gasteiger partial charge >= 0.3 is 32.7 Å². The quantitative estimate of drug-likeness (QED) is 0.0844. The highest BCUT2D eigenvalue weighted by atomic mass is 31.2. The van der Waals surface area contributed by atoms with Crippen LogP contribution in [0, 0.1) is 6.92 Å². The van der Waals surface area contributed by atoms with Gasteiger partial charge in [-0.15, -0.1) is 0 Å². The minimum Gasteiger partial charge on any atom is -0.394 e. The van der Waals surface area contributed by atoms with E-state index in [1.165, 1.54) is 37.6 Å². The van der Waals surface area contributed by atoms with Gasteiger partial charge < -0.3 is 45.7 Å². The minimum atomic E-state index is -5.06. The lowest BCUT2D eigenvalue weighted by molar-refractivity contribution is -0.0619. The summed E-state index contributed by atoms with van der Waals surface area (Å²) in [5.74, 6) is -0.133. The van der Waals surface area contributed by atoms with Crippen molar-refractivity contribution in [2.75, 3.05) is 31.3 Å². The van der Waals surface area contributed by atoms with Crippen LogP contribution in [0.3, 0.4) is 0 Å². The molecule has 0 radical (unpaired) electrons. The summed E-state index contributed by atoms with van der Waals surface area (Å²) in [6.45, 7) is -0.773. The third-order valence-corrected chi connectivity index (χ3v) is 10.9. The molecule has 0 saturated carbocycles. The Morgan fingerprint density at radius 1 is 0.800 bits per heavy atom. The minimum absolute atomic E-state index is 0.0306. The monoisotopic (exact) mass is 820 g/mol. The molecule has 0 amide bonds. The standard InChI is InChI=1S/C28H38N8O17P2/c1-13-9-36(28(42)33-25(13)39)24-7-15(17(10-37)49-24)52-55(45,46)48-12-19-16(8-23(51-19)35-5-3-21(30)32-27(35)41)53-54(43,44)47-11-18-14(38)6-22(50-18)34-4-2-20(29)31-26(34)40/h2-5,9,14-19,22-24,37-38H,6-8,10-12H2,1H3,(H,43,44)(H,45,46)(H2,29,31,40)(H2,30,32,41)(H,33,39,42)/t14-,15-,16-,17+,18+,19+,22+,23+,24+/m0/s1. The fraction of sp³-hybridized carbons (Fsp3) is 0.571. The smallest absolute Gasteiger partial charge is 0.394 e. The third kappa shape index (κ3) is 9.55. The zero-order valence-electron chi connectivity index (χ0n) is 28.7. The highest BCUT2D eigenvalue weighted by Crippen LogP contribution is 2.51. The highest BCUT2D eigenvalue weighted by Gasteiger charge is 2.46. The van der Waals surface area contributed by atoms with E-state index in [0.717, 1.165) is 13.7 Å². The van der Waals surface area contributed by atoms with E-state index in [2.05, 4.69) is 15.0 Å². The summed E-state index contributed by atoms with van der Waals surface area (Å²) < 4.78 is 67.5. The largest absolute Gasteiger partial charge is 0.472 e. The molecule has 3 aliphatic rings. The lowest BCUT2D eigenvalue weighted by Gasteiger charge is -2.24. The topological polar surface area (TPSA) is 356 Å². The number of nitrogens with one attached hydrogen (secondary N) is 1. The van der Waals surface area contributed by atoms with Gasteiger partial charge in [0.05, 0.1) is 25.9 Å². The van der Waals surface area contributed by atoms with Gasteiger partial charge in [0, 0.05) is 43.4 Å². The molecule has 6 heterocycles. The molecule has 3 saturated heterocycles. The van der Waals surface area contributed by atoms with Crippen molar-refractivity contribution in [3.05, 3.63) is 78.1 Å². The van der Waals surface area contributed by atoms with Gasteiger partial charge in [0.1, 0.15) is 60.8 Å². The predicted molar refractivity (Wildman–Crippen MR) is 182 cm³/mol. The molecular weight excluding hydrogens is 782 g/mol. The SMILES string of the molecule is Cc1cn([C@H]2C[C@H](OP(=O)(O)OC[C@H]3O[C@@H](n4ccc(N)nc4=O)C[C@@H]3OP(=O)(O)OC[C@H]3O[C@@H](n4ccc(N)nc4=O)C[C@@H]3O)[C@@H](CO)O2)c(=O)[nH]c1=O. The van der Waals surface area contributed by atoms with Gasteiger partial charge in [0.25, 0.3) is 5.56 Å². The molecule has 27 heteroatoms. The zero-order chi connectivity index (χ0) is 39.8. The van der Waals surface area contributed by atoms with Crippen molar-refractivity contribution >= 4 is 27.3 Å². The molecule has 9 N–H and O–H groups in total. The number of aromatic amines is 1. The van der Waals surface area contributed by atoms with E-state index in [-0.39, 0.29) is 36.5 Å². The molecule has 6 rings (SSSR count). The van der Waals surface area contributed by atoms with Crippen molar-refractivity contribution in [2.24, 2.45) is 0 Å². The van der Waals surface area contributed by atoms with Gasteiger partial charge in [0.15, 0.2) is 0 Å². The van der Waals surface area contributed by atoms with Crippen molar-refractivity contribution < 1.29 is 61.4 Å². The van der Waals surface area contributed by atoms with Crippen LogP contribution in [0.5, 0.6) is 0 Å². The number of rotatable bonds is 14. The first kappa shape index (κ1) is 40.7. The second-order valence-corrected chi connectivity index (χ2v) is 15.5. The van der Waals surface area contributed by atoms with Gasteiger partial charge in [-0.2, -0.15) is 9.97 Å². The molecule has 2 unspecified atom stereocenters. The van der Waals surface area contributed by atoms with E-state index in [1.54, 1.807) is 0 Å². The first-order valence-corrected chi connectivity index (χ1v) is 19.5. The Bertz CT molecular complexity index is 2210. The predicted octanol–water partition coefficient (Wildman–Crippen LogP) is -2.26. The fourth-order valence-electron chi connectivity index (χ4n) is 6.14. The van der Waals surface area contributed by atoms with Gasteiger partial charge in [-0.05, 0) is 19.1 Å². The lowest BCUT2D eigenvalue weighted by Crippen LogP contribution is -2.33. The summed E-state index contributed by atoms with van der Waals surface area (Å²) in [7, 11) is -10.1. The number of phosphoric acid groups is 2. The van der Waals surface area contributed by atoms with Gasteiger partial charge in [-0.25, -0.2) is 23.5 Å². The Morgan fingerprint density at radius 2 is 1.27 bits per heavy atom. The molecule has 25 nitrogen and oxygen atoms in total. The Kier molecular flexibility index (Phi) is 12.0. The number of aromatic nitrogens is 6. The number of aliphatic hydroxyl groups excluding tert-OH is 2. The number of nitrogens with zero attached hydrogens (tertiary/aromatic N) is 5. The number of phosphoric ester groups is 2. The Balaban J connectivity index is 1.12. The lowest BCUT2D eigenvalue weighted by atomic mass is 10.2. The van der Waals surface area contributed by atoms with E-state index < -0.39 is 113 Å². The summed E-state index contributed by atoms with van der Waals surface area (Å²) in [6, 6.07) is 2.63. The maximum absolute atomic E-state index is 13.2. The first-order valence-electron chi connectivity index (χ1n) is 16.5. The van der Waals surface area contributed by atoms with E-state index in [1.807, 2.05) is 0 Å². The van der Waals surface area contributed by atoms with Crippen LogP contribution in [0.1, 0.15) is 43.5 Å². The second kappa shape index (κ2) is 16.3. The van der Waals surface area contributed by atoms with Crippen LogP contribution in [0.25, 0.3) is 0 Å². The Morgan fingerprint density at radius 3 is 1.82 bits per heavy atom. The molecule has 3 aromatic heterocycles. The van der Waals surface area contributed by atoms with Crippen LogP contribution in [0.4, 0.5) is 11.6 Å². The van der Waals surface area contributed by atoms with Crippen LogP contribution in [0.15, 0.2) is 49.9 Å². The molecule has 11 atom stereocenters.